The molecule has 5 rings (SSSR count). The lowest BCUT2D eigenvalue weighted by atomic mass is 10.1. The molecule has 4 aromatic rings. The first kappa shape index (κ1) is 23.0. The van der Waals surface area contributed by atoms with Crippen LogP contribution in [0.5, 0.6) is 11.5 Å². The van der Waals surface area contributed by atoms with Crippen LogP contribution in [0.15, 0.2) is 76.3 Å². The third kappa shape index (κ3) is 4.99. The van der Waals surface area contributed by atoms with Crippen molar-refractivity contribution >= 4 is 5.91 Å². The summed E-state index contributed by atoms with van der Waals surface area (Å²) in [6, 6.07) is 16.9. The van der Waals surface area contributed by atoms with Crippen LogP contribution >= 0.6 is 0 Å². The van der Waals surface area contributed by atoms with Crippen molar-refractivity contribution in [1.82, 2.24) is 24.9 Å². The molecule has 2 aromatic heterocycles. The van der Waals surface area contributed by atoms with Gasteiger partial charge < -0.3 is 14.8 Å². The smallest absolute Gasteiger partial charge is 0.267 e. The first-order valence-electron chi connectivity index (χ1n) is 11.1. The Morgan fingerprint density at radius 2 is 1.47 bits per heavy atom. The molecule has 36 heavy (non-hydrogen) atoms. The van der Waals surface area contributed by atoms with E-state index in [9.17, 15) is 18.8 Å². The summed E-state index contributed by atoms with van der Waals surface area (Å²) in [4.78, 5) is 36.9. The molecule has 0 atom stereocenters. The number of fused-ring (bicyclic) bond motifs is 1. The molecule has 1 amide bonds. The van der Waals surface area contributed by atoms with Gasteiger partial charge in [0, 0.05) is 29.8 Å². The Balaban J connectivity index is 1.23. The molecule has 0 fully saturated rings. The van der Waals surface area contributed by atoms with Crippen molar-refractivity contribution in [3.05, 3.63) is 93.3 Å². The van der Waals surface area contributed by atoms with E-state index in [4.69, 9.17) is 9.47 Å². The first-order chi connectivity index (χ1) is 17.5. The minimum Gasteiger partial charge on any atom is -0.454 e. The summed E-state index contributed by atoms with van der Waals surface area (Å²) in [5.41, 5.74) is 1.58. The van der Waals surface area contributed by atoms with Crippen LogP contribution < -0.4 is 25.9 Å². The maximum atomic E-state index is 13.2. The molecule has 0 aliphatic carbocycles. The summed E-state index contributed by atoms with van der Waals surface area (Å²) in [5.74, 6) is 0.389. The molecule has 1 aliphatic heterocycles. The van der Waals surface area contributed by atoms with Crippen LogP contribution in [0.4, 0.5) is 4.39 Å². The SMILES string of the molecule is O=C(Cn1nc(-c2ccc3c(c2)OCO3)ccc1=O)NCCn1nc(-c2ccc(F)cc2)ccc1=O. The van der Waals surface area contributed by atoms with Crippen LogP contribution in [0.25, 0.3) is 22.5 Å². The van der Waals surface area contributed by atoms with Gasteiger partial charge in [-0.25, -0.2) is 13.8 Å². The maximum absolute atomic E-state index is 13.2. The molecule has 182 valence electrons. The van der Waals surface area contributed by atoms with Crippen molar-refractivity contribution in [3.63, 3.8) is 0 Å². The largest absolute Gasteiger partial charge is 0.454 e. The summed E-state index contributed by atoms with van der Waals surface area (Å²) in [7, 11) is 0. The van der Waals surface area contributed by atoms with E-state index in [1.807, 2.05) is 0 Å². The van der Waals surface area contributed by atoms with Crippen molar-refractivity contribution < 1.29 is 18.7 Å². The molecule has 1 N–H and O–H groups in total. The monoisotopic (exact) mass is 489 g/mol. The first-order valence-corrected chi connectivity index (χ1v) is 11.1. The van der Waals surface area contributed by atoms with E-state index in [2.05, 4.69) is 15.5 Å². The van der Waals surface area contributed by atoms with Crippen molar-refractivity contribution in [1.29, 1.82) is 0 Å². The Hall–Kier alpha value is -4.80. The van der Waals surface area contributed by atoms with E-state index in [0.29, 0.717) is 34.0 Å². The third-order valence-electron chi connectivity index (χ3n) is 5.48. The minimum atomic E-state index is -0.449. The number of carbonyl (C=O) groups is 1. The molecular weight excluding hydrogens is 469 g/mol. The van der Waals surface area contributed by atoms with Gasteiger partial charge >= 0.3 is 0 Å². The standard InChI is InChI=1S/C25H20FN5O5/c26-18-4-1-16(2-5-18)19-6-9-24(33)30(28-19)12-11-27-23(32)14-31-25(34)10-7-20(29-31)17-3-8-21-22(13-17)36-15-35-21/h1-10,13H,11-12,14-15H2,(H,27,32). The summed E-state index contributed by atoms with van der Waals surface area (Å²) in [6.07, 6.45) is 0. The lowest BCUT2D eigenvalue weighted by Crippen LogP contribution is -2.36. The Bertz CT molecular complexity index is 1550. The predicted molar refractivity (Wildman–Crippen MR) is 127 cm³/mol. The molecule has 0 spiro atoms. The van der Waals surface area contributed by atoms with E-state index < -0.39 is 11.5 Å². The van der Waals surface area contributed by atoms with Gasteiger partial charge in [0.1, 0.15) is 12.4 Å². The van der Waals surface area contributed by atoms with Gasteiger partial charge in [-0.2, -0.15) is 10.2 Å². The average molecular weight is 489 g/mol. The fourth-order valence-corrected chi connectivity index (χ4v) is 3.65. The van der Waals surface area contributed by atoms with Gasteiger partial charge in [-0.3, -0.25) is 14.4 Å². The van der Waals surface area contributed by atoms with Crippen LogP contribution in [0.1, 0.15) is 0 Å². The predicted octanol–water partition coefficient (Wildman–Crippen LogP) is 1.82. The number of nitrogens with one attached hydrogen (secondary N) is 1. The lowest BCUT2D eigenvalue weighted by molar-refractivity contribution is -0.121. The van der Waals surface area contributed by atoms with E-state index in [-0.39, 0.29) is 37.8 Å². The maximum Gasteiger partial charge on any atom is 0.267 e. The Labute approximate surface area is 203 Å². The van der Waals surface area contributed by atoms with Crippen molar-refractivity contribution in [3.8, 4) is 34.0 Å². The number of rotatable bonds is 7. The third-order valence-corrected chi connectivity index (χ3v) is 5.48. The molecule has 0 radical (unpaired) electrons. The molecule has 0 bridgehead atoms. The van der Waals surface area contributed by atoms with Crippen LogP contribution in [-0.2, 0) is 17.9 Å². The summed E-state index contributed by atoms with van der Waals surface area (Å²) in [5, 5.41) is 11.2. The molecule has 2 aromatic carbocycles. The number of aromatic nitrogens is 4. The second-order valence-corrected chi connectivity index (χ2v) is 7.92. The fraction of sp³-hybridized carbons (Fsp3) is 0.160. The Morgan fingerprint density at radius 3 is 2.25 bits per heavy atom. The number of nitrogens with zero attached hydrogens (tertiary/aromatic N) is 4. The van der Waals surface area contributed by atoms with Gasteiger partial charge in [-0.1, -0.05) is 0 Å². The average Bonchev–Trinajstić information content (AvgIpc) is 3.35. The number of amides is 1. The summed E-state index contributed by atoms with van der Waals surface area (Å²) < 4.78 is 26.1. The number of ether oxygens (including phenoxy) is 2. The van der Waals surface area contributed by atoms with Crippen LogP contribution in [0.2, 0.25) is 0 Å². The molecule has 1 aliphatic rings. The number of hydrogen-bond acceptors (Lipinski definition) is 7. The van der Waals surface area contributed by atoms with Gasteiger partial charge in [-0.05, 0) is 54.6 Å². The quantitative estimate of drug-likeness (QED) is 0.421. The van der Waals surface area contributed by atoms with E-state index in [1.54, 1.807) is 42.5 Å². The molecular formula is C25H20FN5O5. The highest BCUT2D eigenvalue weighted by Crippen LogP contribution is 2.35. The summed E-state index contributed by atoms with van der Waals surface area (Å²) in [6.45, 7) is 0.0631. The normalized spacial score (nSPS) is 11.9. The highest BCUT2D eigenvalue weighted by Gasteiger charge is 2.15. The molecule has 0 saturated heterocycles. The van der Waals surface area contributed by atoms with E-state index in [1.165, 1.54) is 28.9 Å². The van der Waals surface area contributed by atoms with Gasteiger partial charge in [0.05, 0.1) is 17.9 Å². The fourth-order valence-electron chi connectivity index (χ4n) is 3.65. The number of carbonyl (C=O) groups excluding carboxylic acids is 1. The minimum absolute atomic E-state index is 0.106. The van der Waals surface area contributed by atoms with E-state index in [0.717, 1.165) is 4.68 Å². The zero-order valence-electron chi connectivity index (χ0n) is 18.9. The highest BCUT2D eigenvalue weighted by atomic mass is 19.1. The van der Waals surface area contributed by atoms with Gasteiger partial charge in [0.15, 0.2) is 11.5 Å². The van der Waals surface area contributed by atoms with Gasteiger partial charge in [-0.15, -0.1) is 0 Å². The lowest BCUT2D eigenvalue weighted by Gasteiger charge is -2.10. The van der Waals surface area contributed by atoms with Crippen molar-refractivity contribution in [2.24, 2.45) is 0 Å². The highest BCUT2D eigenvalue weighted by molar-refractivity contribution is 5.75. The van der Waals surface area contributed by atoms with Gasteiger partial charge in [0.2, 0.25) is 12.7 Å². The van der Waals surface area contributed by atoms with Gasteiger partial charge in [0.25, 0.3) is 11.1 Å². The molecule has 10 nitrogen and oxygen atoms in total. The zero-order valence-corrected chi connectivity index (χ0v) is 18.9. The molecule has 11 heteroatoms. The second kappa shape index (κ2) is 9.82. The second-order valence-electron chi connectivity index (χ2n) is 7.92. The molecule has 0 unspecified atom stereocenters. The number of hydrogen-bond donors (Lipinski definition) is 1. The number of halogens is 1. The molecule has 0 saturated carbocycles. The number of benzene rings is 2. The van der Waals surface area contributed by atoms with E-state index >= 15 is 0 Å². The van der Waals surface area contributed by atoms with Crippen LogP contribution in [0.3, 0.4) is 0 Å². The zero-order chi connectivity index (χ0) is 25.1. The topological polar surface area (TPSA) is 117 Å². The van der Waals surface area contributed by atoms with Crippen LogP contribution in [-0.4, -0.2) is 38.8 Å². The van der Waals surface area contributed by atoms with Crippen LogP contribution in [0, 0.1) is 5.82 Å². The Morgan fingerprint density at radius 1 is 0.833 bits per heavy atom. The Kier molecular flexibility index (Phi) is 6.27. The molecule has 3 heterocycles. The van der Waals surface area contributed by atoms with Crippen molar-refractivity contribution in [2.45, 2.75) is 13.1 Å². The summed E-state index contributed by atoms with van der Waals surface area (Å²) >= 11 is 0. The van der Waals surface area contributed by atoms with Crippen molar-refractivity contribution in [2.75, 3.05) is 13.3 Å².